The van der Waals surface area contributed by atoms with E-state index in [0.29, 0.717) is 12.5 Å². The molecule has 0 unspecified atom stereocenters. The van der Waals surface area contributed by atoms with Crippen LogP contribution in [-0.2, 0) is 6.61 Å². The molecule has 2 aromatic carbocycles. The molecular weight excluding hydrogens is 298 g/mol. The number of halogens is 1. The van der Waals surface area contributed by atoms with E-state index in [1.807, 2.05) is 48.5 Å². The molecule has 4 heteroatoms. The highest BCUT2D eigenvalue weighted by molar-refractivity contribution is 5.85. The molecule has 22 heavy (non-hydrogen) atoms. The Bertz CT molecular complexity index is 599. The number of hydrogen-bond donors (Lipinski definition) is 1. The van der Waals surface area contributed by atoms with E-state index < -0.39 is 0 Å². The Morgan fingerprint density at radius 1 is 1.09 bits per heavy atom. The van der Waals surface area contributed by atoms with Gasteiger partial charge in [-0.2, -0.15) is 0 Å². The zero-order valence-electron chi connectivity index (χ0n) is 12.7. The van der Waals surface area contributed by atoms with Crippen LogP contribution in [0.3, 0.4) is 0 Å². The number of ether oxygens (including phenoxy) is 2. The van der Waals surface area contributed by atoms with Crippen molar-refractivity contribution >= 4 is 12.4 Å². The third kappa shape index (κ3) is 3.93. The van der Waals surface area contributed by atoms with Crippen LogP contribution in [0.15, 0.2) is 48.5 Å². The molecule has 0 bridgehead atoms. The number of nitrogens with two attached hydrogens (primary N) is 1. The zero-order valence-corrected chi connectivity index (χ0v) is 13.5. The van der Waals surface area contributed by atoms with Crippen LogP contribution in [0.1, 0.15) is 30.0 Å². The molecule has 1 saturated carbocycles. The van der Waals surface area contributed by atoms with Gasteiger partial charge in [0, 0.05) is 6.04 Å². The lowest BCUT2D eigenvalue weighted by molar-refractivity contribution is 0.284. The van der Waals surface area contributed by atoms with E-state index in [2.05, 4.69) is 0 Å². The first-order valence-electron chi connectivity index (χ1n) is 7.38. The smallest absolute Gasteiger partial charge is 0.161 e. The quantitative estimate of drug-likeness (QED) is 0.871. The van der Waals surface area contributed by atoms with Crippen molar-refractivity contribution in [3.8, 4) is 11.5 Å². The van der Waals surface area contributed by atoms with Gasteiger partial charge in [0.1, 0.15) is 6.61 Å². The van der Waals surface area contributed by atoms with Crippen LogP contribution in [0.5, 0.6) is 11.5 Å². The summed E-state index contributed by atoms with van der Waals surface area (Å²) >= 11 is 0. The number of benzene rings is 2. The van der Waals surface area contributed by atoms with Crippen molar-refractivity contribution in [3.63, 3.8) is 0 Å². The van der Waals surface area contributed by atoms with Crippen molar-refractivity contribution in [2.75, 3.05) is 7.11 Å². The average molecular weight is 320 g/mol. The summed E-state index contributed by atoms with van der Waals surface area (Å²) in [6, 6.07) is 16.2. The summed E-state index contributed by atoms with van der Waals surface area (Å²) in [4.78, 5) is 0. The Balaban J connectivity index is 0.00000176. The lowest BCUT2D eigenvalue weighted by atomic mass is 10.0. The summed E-state index contributed by atoms with van der Waals surface area (Å²) in [5, 5.41) is 0. The molecular formula is C18H22ClNO2. The van der Waals surface area contributed by atoms with Gasteiger partial charge in [0.05, 0.1) is 7.11 Å². The Morgan fingerprint density at radius 2 is 1.82 bits per heavy atom. The molecule has 2 aromatic rings. The van der Waals surface area contributed by atoms with E-state index in [-0.39, 0.29) is 18.4 Å². The Labute approximate surface area is 137 Å². The van der Waals surface area contributed by atoms with Crippen LogP contribution < -0.4 is 15.2 Å². The minimum absolute atomic E-state index is 0. The van der Waals surface area contributed by atoms with E-state index in [1.165, 1.54) is 12.8 Å². The SMILES string of the molecule is COc1cc([C@H](N)C2CC2)ccc1OCc1ccccc1.Cl. The molecule has 3 rings (SSSR count). The average Bonchev–Trinajstić information content (AvgIpc) is 3.38. The van der Waals surface area contributed by atoms with Crippen molar-refractivity contribution < 1.29 is 9.47 Å². The van der Waals surface area contributed by atoms with Gasteiger partial charge in [-0.25, -0.2) is 0 Å². The third-order valence-corrected chi connectivity index (χ3v) is 3.94. The standard InChI is InChI=1S/C18H21NO2.ClH/c1-20-17-11-15(18(19)14-7-8-14)9-10-16(17)21-12-13-5-3-2-4-6-13;/h2-6,9-11,14,18H,7-8,12,19H2,1H3;1H/t18-;/m1./s1. The summed E-state index contributed by atoms with van der Waals surface area (Å²) in [5.74, 6) is 2.14. The molecule has 1 aliphatic carbocycles. The first-order valence-corrected chi connectivity index (χ1v) is 7.38. The van der Waals surface area contributed by atoms with E-state index >= 15 is 0 Å². The Kier molecular flexibility index (Phi) is 5.69. The summed E-state index contributed by atoms with van der Waals surface area (Å²) in [7, 11) is 1.66. The maximum absolute atomic E-state index is 6.24. The molecule has 3 nitrogen and oxygen atoms in total. The van der Waals surface area contributed by atoms with Crippen molar-refractivity contribution in [2.24, 2.45) is 11.7 Å². The highest BCUT2D eigenvalue weighted by Gasteiger charge is 2.29. The predicted octanol–water partition coefficient (Wildman–Crippen LogP) is 4.11. The second-order valence-corrected chi connectivity index (χ2v) is 5.55. The molecule has 0 saturated heterocycles. The van der Waals surface area contributed by atoms with Crippen LogP contribution in [0, 0.1) is 5.92 Å². The first kappa shape index (κ1) is 16.7. The van der Waals surface area contributed by atoms with Gasteiger partial charge >= 0.3 is 0 Å². The van der Waals surface area contributed by atoms with E-state index in [1.54, 1.807) is 7.11 Å². The molecule has 1 fully saturated rings. The highest BCUT2D eigenvalue weighted by Crippen LogP contribution is 2.41. The fourth-order valence-corrected chi connectivity index (χ4v) is 2.47. The fourth-order valence-electron chi connectivity index (χ4n) is 2.47. The third-order valence-electron chi connectivity index (χ3n) is 3.94. The molecule has 0 radical (unpaired) electrons. The van der Waals surface area contributed by atoms with Gasteiger partial charge < -0.3 is 15.2 Å². The maximum atomic E-state index is 6.24. The monoisotopic (exact) mass is 319 g/mol. The highest BCUT2D eigenvalue weighted by atomic mass is 35.5. The molecule has 2 N–H and O–H groups in total. The molecule has 118 valence electrons. The molecule has 0 aliphatic heterocycles. The number of hydrogen-bond acceptors (Lipinski definition) is 3. The summed E-state index contributed by atoms with van der Waals surface area (Å²) < 4.78 is 11.3. The van der Waals surface area contributed by atoms with E-state index in [4.69, 9.17) is 15.2 Å². The predicted molar refractivity (Wildman–Crippen MR) is 90.7 cm³/mol. The van der Waals surface area contributed by atoms with Crippen molar-refractivity contribution in [1.29, 1.82) is 0 Å². The van der Waals surface area contributed by atoms with Gasteiger partial charge in [-0.1, -0.05) is 36.4 Å². The zero-order chi connectivity index (χ0) is 14.7. The second kappa shape index (κ2) is 7.52. The van der Waals surface area contributed by atoms with Crippen molar-refractivity contribution in [2.45, 2.75) is 25.5 Å². The molecule has 0 heterocycles. The maximum Gasteiger partial charge on any atom is 0.161 e. The van der Waals surface area contributed by atoms with Crippen LogP contribution >= 0.6 is 12.4 Å². The molecule has 1 atom stereocenters. The molecule has 1 aliphatic rings. The minimum atomic E-state index is 0. The normalized spacial score (nSPS) is 14.8. The van der Waals surface area contributed by atoms with Crippen LogP contribution in [0.4, 0.5) is 0 Å². The Hall–Kier alpha value is -1.71. The summed E-state index contributed by atoms with van der Waals surface area (Å²) in [6.45, 7) is 0.533. The van der Waals surface area contributed by atoms with Crippen molar-refractivity contribution in [1.82, 2.24) is 0 Å². The summed E-state index contributed by atoms with van der Waals surface area (Å²) in [5.41, 5.74) is 8.51. The van der Waals surface area contributed by atoms with Gasteiger partial charge in [-0.15, -0.1) is 12.4 Å². The lowest BCUT2D eigenvalue weighted by Crippen LogP contribution is -2.12. The van der Waals surface area contributed by atoms with Gasteiger partial charge in [-0.05, 0) is 42.0 Å². The summed E-state index contributed by atoms with van der Waals surface area (Å²) in [6.07, 6.45) is 2.46. The van der Waals surface area contributed by atoms with E-state index in [0.717, 1.165) is 22.6 Å². The van der Waals surface area contributed by atoms with Gasteiger partial charge in [0.2, 0.25) is 0 Å². The number of rotatable bonds is 6. The molecule has 0 aromatic heterocycles. The van der Waals surface area contributed by atoms with Crippen molar-refractivity contribution in [3.05, 3.63) is 59.7 Å². The van der Waals surface area contributed by atoms with Gasteiger partial charge in [-0.3, -0.25) is 0 Å². The minimum Gasteiger partial charge on any atom is -0.493 e. The Morgan fingerprint density at radius 3 is 2.45 bits per heavy atom. The largest absolute Gasteiger partial charge is 0.493 e. The van der Waals surface area contributed by atoms with Crippen LogP contribution in [0.25, 0.3) is 0 Å². The topological polar surface area (TPSA) is 44.5 Å². The van der Waals surface area contributed by atoms with Crippen LogP contribution in [-0.4, -0.2) is 7.11 Å². The van der Waals surface area contributed by atoms with Gasteiger partial charge in [0.25, 0.3) is 0 Å². The molecule has 0 spiro atoms. The van der Waals surface area contributed by atoms with Gasteiger partial charge in [0.15, 0.2) is 11.5 Å². The lowest BCUT2D eigenvalue weighted by Gasteiger charge is -2.15. The second-order valence-electron chi connectivity index (χ2n) is 5.55. The molecule has 0 amide bonds. The van der Waals surface area contributed by atoms with E-state index in [9.17, 15) is 0 Å². The number of methoxy groups -OCH3 is 1. The fraction of sp³-hybridized carbons (Fsp3) is 0.333. The first-order chi connectivity index (χ1) is 10.3. The van der Waals surface area contributed by atoms with Crippen LogP contribution in [0.2, 0.25) is 0 Å².